The Morgan fingerprint density at radius 2 is 1.62 bits per heavy atom. The zero-order chi connectivity index (χ0) is 21.2. The third-order valence-electron chi connectivity index (χ3n) is 3.65. The highest BCUT2D eigenvalue weighted by atomic mass is 19.4. The molecule has 1 aromatic heterocycles. The van der Waals surface area contributed by atoms with E-state index in [0.29, 0.717) is 5.69 Å². The van der Waals surface area contributed by atoms with Gasteiger partial charge >= 0.3 is 12.5 Å². The van der Waals surface area contributed by atoms with Gasteiger partial charge in [-0.2, -0.15) is 13.2 Å². The molecular formula is C18H12F6N4O. The molecule has 0 spiro atoms. The Labute approximate surface area is 160 Å². The molecule has 29 heavy (non-hydrogen) atoms. The molecular weight excluding hydrogens is 402 g/mol. The summed E-state index contributed by atoms with van der Waals surface area (Å²) in [6, 6.07) is 8.40. The van der Waals surface area contributed by atoms with Crippen LogP contribution in [0.4, 0.5) is 32.0 Å². The quantitative estimate of drug-likeness (QED) is 0.485. The Hall–Kier alpha value is -3.50. The van der Waals surface area contributed by atoms with Gasteiger partial charge in [-0.15, -0.1) is 18.3 Å². The van der Waals surface area contributed by atoms with Crippen LogP contribution in [0.25, 0.3) is 17.8 Å². The molecule has 5 nitrogen and oxygen atoms in total. The highest BCUT2D eigenvalue weighted by Gasteiger charge is 2.33. The van der Waals surface area contributed by atoms with Gasteiger partial charge in [0, 0.05) is 5.69 Å². The van der Waals surface area contributed by atoms with Gasteiger partial charge < -0.3 is 10.5 Å². The first-order valence-electron chi connectivity index (χ1n) is 7.94. The van der Waals surface area contributed by atoms with E-state index in [0.717, 1.165) is 24.3 Å². The van der Waals surface area contributed by atoms with Crippen LogP contribution in [0.15, 0.2) is 48.8 Å². The Morgan fingerprint density at radius 1 is 0.931 bits per heavy atom. The number of aromatic nitrogens is 3. The van der Waals surface area contributed by atoms with E-state index in [4.69, 9.17) is 5.73 Å². The monoisotopic (exact) mass is 414 g/mol. The van der Waals surface area contributed by atoms with Crippen molar-refractivity contribution >= 4 is 17.8 Å². The fourth-order valence-electron chi connectivity index (χ4n) is 2.37. The predicted molar refractivity (Wildman–Crippen MR) is 92.8 cm³/mol. The van der Waals surface area contributed by atoms with Gasteiger partial charge in [0.1, 0.15) is 12.1 Å². The van der Waals surface area contributed by atoms with Crippen LogP contribution in [-0.4, -0.2) is 21.1 Å². The van der Waals surface area contributed by atoms with Crippen LogP contribution in [0.3, 0.4) is 0 Å². The lowest BCUT2D eigenvalue weighted by molar-refractivity contribution is -0.274. The van der Waals surface area contributed by atoms with E-state index in [-0.39, 0.29) is 22.8 Å². The van der Waals surface area contributed by atoms with Crippen LogP contribution in [0, 0.1) is 0 Å². The predicted octanol–water partition coefficient (Wildman–Crippen LogP) is 4.94. The normalized spacial score (nSPS) is 12.5. The molecule has 2 aromatic carbocycles. The van der Waals surface area contributed by atoms with Gasteiger partial charge in [-0.25, -0.2) is 9.67 Å². The van der Waals surface area contributed by atoms with E-state index < -0.39 is 18.1 Å². The van der Waals surface area contributed by atoms with Crippen molar-refractivity contribution < 1.29 is 31.1 Å². The second-order valence-corrected chi connectivity index (χ2v) is 5.77. The standard InChI is InChI=1S/C18H12F6N4O/c19-17(20,21)14-9-11(1-7-15(14)25)2-8-16-26-10-28(27-16)12-3-5-13(6-4-12)29-18(22,23)24/h1-10H,25H2. The summed E-state index contributed by atoms with van der Waals surface area (Å²) in [5.74, 6) is -0.198. The van der Waals surface area contributed by atoms with Gasteiger partial charge in [0.15, 0.2) is 5.82 Å². The van der Waals surface area contributed by atoms with Crippen LogP contribution in [0.5, 0.6) is 5.75 Å². The summed E-state index contributed by atoms with van der Waals surface area (Å²) in [6.07, 6.45) is -5.28. The van der Waals surface area contributed by atoms with E-state index in [9.17, 15) is 26.3 Å². The molecule has 0 unspecified atom stereocenters. The van der Waals surface area contributed by atoms with Crippen molar-refractivity contribution in [1.82, 2.24) is 14.8 Å². The zero-order valence-corrected chi connectivity index (χ0v) is 14.4. The van der Waals surface area contributed by atoms with Crippen molar-refractivity contribution in [3.8, 4) is 11.4 Å². The topological polar surface area (TPSA) is 66.0 Å². The number of anilines is 1. The van der Waals surface area contributed by atoms with Crippen molar-refractivity contribution in [1.29, 1.82) is 0 Å². The number of nitrogen functional groups attached to an aromatic ring is 1. The summed E-state index contributed by atoms with van der Waals surface area (Å²) in [5, 5.41) is 4.10. The second kappa shape index (κ2) is 7.49. The lowest BCUT2D eigenvalue weighted by Gasteiger charge is -2.10. The molecule has 3 rings (SSSR count). The number of alkyl halides is 6. The molecule has 0 aliphatic heterocycles. The maximum Gasteiger partial charge on any atom is 0.573 e. The van der Waals surface area contributed by atoms with Crippen LogP contribution < -0.4 is 10.5 Å². The smallest absolute Gasteiger partial charge is 0.406 e. The van der Waals surface area contributed by atoms with Crippen molar-refractivity contribution in [3.63, 3.8) is 0 Å². The lowest BCUT2D eigenvalue weighted by Crippen LogP contribution is -2.17. The third kappa shape index (κ3) is 5.27. The summed E-state index contributed by atoms with van der Waals surface area (Å²) < 4.78 is 80.3. The summed E-state index contributed by atoms with van der Waals surface area (Å²) in [4.78, 5) is 3.99. The minimum atomic E-state index is -4.79. The lowest BCUT2D eigenvalue weighted by atomic mass is 10.1. The van der Waals surface area contributed by atoms with Crippen molar-refractivity contribution in [2.45, 2.75) is 12.5 Å². The Kier molecular flexibility index (Phi) is 5.23. The van der Waals surface area contributed by atoms with E-state index in [2.05, 4.69) is 14.8 Å². The molecule has 0 saturated heterocycles. The molecule has 0 aliphatic rings. The van der Waals surface area contributed by atoms with Gasteiger partial charge in [-0.05, 0) is 48.0 Å². The fourth-order valence-corrected chi connectivity index (χ4v) is 2.37. The molecule has 0 radical (unpaired) electrons. The highest BCUT2D eigenvalue weighted by Crippen LogP contribution is 2.34. The molecule has 0 aliphatic carbocycles. The minimum Gasteiger partial charge on any atom is -0.406 e. The van der Waals surface area contributed by atoms with E-state index in [1.165, 1.54) is 41.4 Å². The number of ether oxygens (including phenoxy) is 1. The van der Waals surface area contributed by atoms with Gasteiger partial charge in [0.25, 0.3) is 0 Å². The third-order valence-corrected chi connectivity index (χ3v) is 3.65. The Bertz CT molecular complexity index is 1020. The second-order valence-electron chi connectivity index (χ2n) is 5.77. The van der Waals surface area contributed by atoms with Crippen molar-refractivity contribution in [2.75, 3.05) is 5.73 Å². The number of benzene rings is 2. The maximum absolute atomic E-state index is 12.9. The zero-order valence-electron chi connectivity index (χ0n) is 14.4. The first-order valence-corrected chi connectivity index (χ1v) is 7.94. The summed E-state index contributed by atoms with van der Waals surface area (Å²) >= 11 is 0. The number of rotatable bonds is 4. The Morgan fingerprint density at radius 3 is 2.24 bits per heavy atom. The van der Waals surface area contributed by atoms with Gasteiger partial charge in [0.05, 0.1) is 11.3 Å². The van der Waals surface area contributed by atoms with Gasteiger partial charge in [0.2, 0.25) is 0 Å². The van der Waals surface area contributed by atoms with Crippen molar-refractivity contribution in [3.05, 3.63) is 65.7 Å². The molecule has 0 atom stereocenters. The number of hydrogen-bond acceptors (Lipinski definition) is 4. The molecule has 1 heterocycles. The molecule has 0 saturated carbocycles. The molecule has 3 aromatic rings. The summed E-state index contributed by atoms with van der Waals surface area (Å²) in [7, 11) is 0. The minimum absolute atomic E-state index is 0.186. The Balaban J connectivity index is 1.75. The molecule has 0 fully saturated rings. The number of halogens is 6. The number of nitrogens with zero attached hydrogens (tertiary/aromatic N) is 3. The number of nitrogens with two attached hydrogens (primary N) is 1. The van der Waals surface area contributed by atoms with Crippen LogP contribution >= 0.6 is 0 Å². The van der Waals surface area contributed by atoms with Crippen LogP contribution in [0.2, 0.25) is 0 Å². The molecule has 0 bridgehead atoms. The number of hydrogen-bond donors (Lipinski definition) is 1. The van der Waals surface area contributed by atoms with Crippen LogP contribution in [0.1, 0.15) is 17.0 Å². The van der Waals surface area contributed by atoms with Gasteiger partial charge in [-0.3, -0.25) is 0 Å². The average Bonchev–Trinajstić information content (AvgIpc) is 3.08. The average molecular weight is 414 g/mol. The molecule has 152 valence electrons. The summed E-state index contributed by atoms with van der Waals surface area (Å²) in [5.41, 5.74) is 4.69. The first kappa shape index (κ1) is 20.2. The first-order chi connectivity index (χ1) is 13.5. The van der Waals surface area contributed by atoms with Crippen molar-refractivity contribution in [2.24, 2.45) is 0 Å². The maximum atomic E-state index is 12.9. The van der Waals surface area contributed by atoms with E-state index in [1.54, 1.807) is 0 Å². The molecule has 0 amide bonds. The van der Waals surface area contributed by atoms with Gasteiger partial charge in [-0.1, -0.05) is 12.1 Å². The molecule has 2 N–H and O–H groups in total. The SMILES string of the molecule is Nc1ccc(C=Cc2ncn(-c3ccc(OC(F)(F)F)cc3)n2)cc1C(F)(F)F. The van der Waals surface area contributed by atoms with E-state index in [1.807, 2.05) is 0 Å². The largest absolute Gasteiger partial charge is 0.573 e. The highest BCUT2D eigenvalue weighted by molar-refractivity contribution is 5.69. The summed E-state index contributed by atoms with van der Waals surface area (Å²) in [6.45, 7) is 0. The fraction of sp³-hybridized carbons (Fsp3) is 0.111. The molecule has 11 heteroatoms. The van der Waals surface area contributed by atoms with Crippen LogP contribution in [-0.2, 0) is 6.18 Å². The van der Waals surface area contributed by atoms with E-state index >= 15 is 0 Å².